The minimum Gasteiger partial charge on any atom is -0.481 e. The van der Waals surface area contributed by atoms with Crippen molar-refractivity contribution >= 4 is 11.9 Å². The Morgan fingerprint density at radius 3 is 2.68 bits per heavy atom. The number of nitrogens with one attached hydrogen (secondary N) is 1. The number of carbonyl (C=O) groups excluding carboxylic acids is 1. The second-order valence-corrected chi connectivity index (χ2v) is 6.83. The summed E-state index contributed by atoms with van der Waals surface area (Å²) in [6.07, 6.45) is 12.5. The SMILES string of the molecule is CCCC(=O)NC1C2CCC(C2)C1C/C=C/CCCC(=O)O. The third kappa shape index (κ3) is 4.59. The van der Waals surface area contributed by atoms with Gasteiger partial charge in [-0.1, -0.05) is 19.1 Å². The van der Waals surface area contributed by atoms with Gasteiger partial charge in [0.2, 0.25) is 5.91 Å². The highest BCUT2D eigenvalue weighted by Crippen LogP contribution is 2.49. The van der Waals surface area contributed by atoms with Crippen LogP contribution in [0.4, 0.5) is 0 Å². The minimum absolute atomic E-state index is 0.204. The lowest BCUT2D eigenvalue weighted by Crippen LogP contribution is -2.43. The molecule has 0 spiro atoms. The van der Waals surface area contributed by atoms with Gasteiger partial charge >= 0.3 is 5.97 Å². The minimum atomic E-state index is -0.722. The number of aliphatic carboxylic acids is 1. The number of carboxylic acids is 1. The fourth-order valence-electron chi connectivity index (χ4n) is 4.20. The van der Waals surface area contributed by atoms with E-state index < -0.39 is 5.97 Å². The van der Waals surface area contributed by atoms with E-state index in [-0.39, 0.29) is 12.3 Å². The third-order valence-electron chi connectivity index (χ3n) is 5.23. The summed E-state index contributed by atoms with van der Waals surface area (Å²) >= 11 is 0. The van der Waals surface area contributed by atoms with Gasteiger partial charge in [0.1, 0.15) is 0 Å². The quantitative estimate of drug-likeness (QED) is 0.506. The van der Waals surface area contributed by atoms with Gasteiger partial charge in [-0.3, -0.25) is 9.59 Å². The Balaban J connectivity index is 1.78. The summed E-state index contributed by atoms with van der Waals surface area (Å²) in [5, 5.41) is 11.9. The van der Waals surface area contributed by atoms with Crippen LogP contribution in [-0.2, 0) is 9.59 Å². The van der Waals surface area contributed by atoms with E-state index >= 15 is 0 Å². The largest absolute Gasteiger partial charge is 0.481 e. The van der Waals surface area contributed by atoms with Gasteiger partial charge in [-0.25, -0.2) is 0 Å². The highest BCUT2D eigenvalue weighted by atomic mass is 16.4. The highest BCUT2D eigenvalue weighted by molar-refractivity contribution is 5.76. The molecule has 0 aliphatic heterocycles. The summed E-state index contributed by atoms with van der Waals surface area (Å²) in [6.45, 7) is 2.04. The number of unbranched alkanes of at least 4 members (excludes halogenated alkanes) is 1. The monoisotopic (exact) mass is 307 g/mol. The van der Waals surface area contributed by atoms with Crippen LogP contribution in [-0.4, -0.2) is 23.0 Å². The number of carbonyl (C=O) groups is 2. The highest BCUT2D eigenvalue weighted by Gasteiger charge is 2.47. The first-order valence-electron chi connectivity index (χ1n) is 8.78. The summed E-state index contributed by atoms with van der Waals surface area (Å²) in [5.74, 6) is 1.50. The van der Waals surface area contributed by atoms with Crippen molar-refractivity contribution in [2.75, 3.05) is 0 Å². The molecule has 2 rings (SSSR count). The van der Waals surface area contributed by atoms with Crippen molar-refractivity contribution in [1.82, 2.24) is 5.32 Å². The van der Waals surface area contributed by atoms with E-state index in [0.29, 0.717) is 30.7 Å². The van der Waals surface area contributed by atoms with Gasteiger partial charge in [0.25, 0.3) is 0 Å². The lowest BCUT2D eigenvalue weighted by atomic mass is 9.82. The first-order chi connectivity index (χ1) is 10.6. The predicted octanol–water partition coefficient (Wildman–Crippen LogP) is 3.52. The molecule has 2 fully saturated rings. The fraction of sp³-hybridized carbons (Fsp3) is 0.778. The van der Waals surface area contributed by atoms with Crippen LogP contribution in [0.2, 0.25) is 0 Å². The number of hydrogen-bond donors (Lipinski definition) is 2. The van der Waals surface area contributed by atoms with Gasteiger partial charge in [0, 0.05) is 18.9 Å². The lowest BCUT2D eigenvalue weighted by molar-refractivity contribution is -0.137. The Bertz CT molecular complexity index is 419. The maximum absolute atomic E-state index is 11.9. The van der Waals surface area contributed by atoms with Crippen LogP contribution >= 0.6 is 0 Å². The van der Waals surface area contributed by atoms with Crippen molar-refractivity contribution in [3.63, 3.8) is 0 Å². The summed E-state index contributed by atoms with van der Waals surface area (Å²) < 4.78 is 0. The van der Waals surface area contributed by atoms with Gasteiger partial charge in [-0.2, -0.15) is 0 Å². The van der Waals surface area contributed by atoms with Crippen LogP contribution in [0.15, 0.2) is 12.2 Å². The van der Waals surface area contributed by atoms with E-state index in [1.54, 1.807) is 0 Å². The molecule has 124 valence electrons. The Hall–Kier alpha value is -1.32. The zero-order valence-corrected chi connectivity index (χ0v) is 13.6. The molecule has 0 radical (unpaired) electrons. The van der Waals surface area contributed by atoms with Crippen LogP contribution in [0.5, 0.6) is 0 Å². The smallest absolute Gasteiger partial charge is 0.303 e. The number of hydrogen-bond acceptors (Lipinski definition) is 2. The Labute approximate surface area is 133 Å². The van der Waals surface area contributed by atoms with Crippen LogP contribution in [0.1, 0.15) is 64.7 Å². The van der Waals surface area contributed by atoms with Crippen LogP contribution in [0, 0.1) is 17.8 Å². The average molecular weight is 307 g/mol. The molecule has 0 heterocycles. The molecule has 22 heavy (non-hydrogen) atoms. The van der Waals surface area contributed by atoms with Crippen LogP contribution in [0.3, 0.4) is 0 Å². The van der Waals surface area contributed by atoms with E-state index in [1.807, 2.05) is 6.92 Å². The molecule has 4 heteroatoms. The van der Waals surface area contributed by atoms with Crippen LogP contribution in [0.25, 0.3) is 0 Å². The van der Waals surface area contributed by atoms with E-state index in [2.05, 4.69) is 17.5 Å². The normalized spacial score (nSPS) is 30.0. The van der Waals surface area contributed by atoms with Crippen molar-refractivity contribution in [2.45, 2.75) is 70.8 Å². The number of amides is 1. The molecule has 2 aliphatic carbocycles. The molecule has 0 aromatic heterocycles. The molecule has 0 saturated heterocycles. The van der Waals surface area contributed by atoms with Crippen molar-refractivity contribution in [1.29, 1.82) is 0 Å². The molecule has 4 nitrogen and oxygen atoms in total. The molecular formula is C18H29NO3. The molecule has 2 saturated carbocycles. The van der Waals surface area contributed by atoms with Gasteiger partial charge in [-0.15, -0.1) is 0 Å². The van der Waals surface area contributed by atoms with Gasteiger partial charge in [0.15, 0.2) is 0 Å². The standard InChI is InChI=1S/C18H29NO3/c1-2-7-16(20)19-18-14-11-10-13(12-14)15(18)8-5-3-4-6-9-17(21)22/h3,5,13-15,18H,2,4,6-12H2,1H3,(H,19,20)(H,21,22)/b5-3+. The molecule has 4 atom stereocenters. The third-order valence-corrected chi connectivity index (χ3v) is 5.23. The predicted molar refractivity (Wildman–Crippen MR) is 86.4 cm³/mol. The first kappa shape index (κ1) is 17.0. The number of fused-ring (bicyclic) bond motifs is 2. The molecule has 2 aliphatic rings. The Morgan fingerprint density at radius 1 is 1.18 bits per heavy atom. The van der Waals surface area contributed by atoms with E-state index in [0.717, 1.165) is 25.2 Å². The molecule has 1 amide bonds. The number of rotatable bonds is 9. The maximum atomic E-state index is 11.9. The van der Waals surface area contributed by atoms with Gasteiger partial charge in [0.05, 0.1) is 0 Å². The van der Waals surface area contributed by atoms with Crippen molar-refractivity contribution in [2.24, 2.45) is 17.8 Å². The molecular weight excluding hydrogens is 278 g/mol. The van der Waals surface area contributed by atoms with E-state index in [1.165, 1.54) is 19.3 Å². The summed E-state index contributed by atoms with van der Waals surface area (Å²) in [7, 11) is 0. The molecule has 2 N–H and O–H groups in total. The lowest BCUT2D eigenvalue weighted by Gasteiger charge is -2.31. The molecule has 4 unspecified atom stereocenters. The topological polar surface area (TPSA) is 66.4 Å². The van der Waals surface area contributed by atoms with E-state index in [4.69, 9.17) is 5.11 Å². The van der Waals surface area contributed by atoms with Crippen LogP contribution < -0.4 is 5.32 Å². The Morgan fingerprint density at radius 2 is 1.95 bits per heavy atom. The van der Waals surface area contributed by atoms with Crippen molar-refractivity contribution in [3.8, 4) is 0 Å². The molecule has 2 bridgehead atoms. The molecule has 0 aromatic carbocycles. The molecule has 0 aromatic rings. The average Bonchev–Trinajstić information content (AvgIpc) is 3.05. The van der Waals surface area contributed by atoms with E-state index in [9.17, 15) is 9.59 Å². The fourth-order valence-corrected chi connectivity index (χ4v) is 4.20. The van der Waals surface area contributed by atoms with Gasteiger partial charge < -0.3 is 10.4 Å². The second-order valence-electron chi connectivity index (χ2n) is 6.83. The van der Waals surface area contributed by atoms with Crippen molar-refractivity contribution < 1.29 is 14.7 Å². The summed E-state index contributed by atoms with van der Waals surface area (Å²) in [4.78, 5) is 22.4. The first-order valence-corrected chi connectivity index (χ1v) is 8.78. The maximum Gasteiger partial charge on any atom is 0.303 e. The second kappa shape index (κ2) is 8.35. The zero-order chi connectivity index (χ0) is 15.9. The zero-order valence-electron chi connectivity index (χ0n) is 13.6. The summed E-state index contributed by atoms with van der Waals surface area (Å²) in [6, 6.07) is 0.362. The Kier molecular flexibility index (Phi) is 6.47. The van der Waals surface area contributed by atoms with Crippen molar-refractivity contribution in [3.05, 3.63) is 12.2 Å². The number of carboxylic acid groups (broad SMARTS) is 1. The van der Waals surface area contributed by atoms with Gasteiger partial charge in [-0.05, 0) is 62.7 Å². The summed E-state index contributed by atoms with van der Waals surface area (Å²) in [5.41, 5.74) is 0. The number of allylic oxidation sites excluding steroid dienone is 2.